The number of hydrogen-bond donors (Lipinski definition) is 1. The van der Waals surface area contributed by atoms with Gasteiger partial charge in [0.25, 0.3) is 0 Å². The van der Waals surface area contributed by atoms with E-state index >= 15 is 0 Å². The Bertz CT molecular complexity index is 1870. The summed E-state index contributed by atoms with van der Waals surface area (Å²) in [5.74, 6) is -0.629. The average molecular weight is 1100 g/mol. The summed E-state index contributed by atoms with van der Waals surface area (Å²) in [4.78, 5) is 24.6. The zero-order chi connectivity index (χ0) is 57.6. The lowest BCUT2D eigenvalue weighted by Crippen LogP contribution is -2.28. The van der Waals surface area contributed by atoms with Crippen molar-refractivity contribution in [3.8, 4) is 0 Å². The summed E-state index contributed by atoms with van der Waals surface area (Å²) in [7, 11) is 0. The van der Waals surface area contributed by atoms with Crippen LogP contribution in [0.4, 0.5) is 0 Å². The van der Waals surface area contributed by atoms with Crippen molar-refractivity contribution >= 4 is 11.9 Å². The highest BCUT2D eigenvalue weighted by Crippen LogP contribution is 2.14. The van der Waals surface area contributed by atoms with E-state index in [9.17, 15) is 14.7 Å². The molecule has 0 aromatic heterocycles. The van der Waals surface area contributed by atoms with Gasteiger partial charge in [0.1, 0.15) is 6.61 Å². The van der Waals surface area contributed by atoms with Crippen LogP contribution < -0.4 is 0 Å². The fourth-order valence-electron chi connectivity index (χ4n) is 8.17. The fourth-order valence-corrected chi connectivity index (χ4v) is 8.17. The Morgan fingerprint density at radius 2 is 0.500 bits per heavy atom. The van der Waals surface area contributed by atoms with Gasteiger partial charge in [-0.05, 0) is 141 Å². The minimum absolute atomic E-state index is 0.0879. The molecular formula is C75H116O5. The number of aliphatic hydroxyl groups excluding tert-OH is 1. The van der Waals surface area contributed by atoms with Crippen LogP contribution in [0.5, 0.6) is 0 Å². The maximum atomic E-state index is 12.3. The van der Waals surface area contributed by atoms with Crippen LogP contribution in [0.3, 0.4) is 0 Å². The lowest BCUT2D eigenvalue weighted by molar-refractivity contribution is -0.161. The molecule has 0 aromatic rings. The lowest BCUT2D eigenvalue weighted by atomic mass is 10.0. The summed E-state index contributed by atoms with van der Waals surface area (Å²) in [6, 6.07) is 0. The van der Waals surface area contributed by atoms with Crippen LogP contribution in [0.2, 0.25) is 0 Å². The summed E-state index contributed by atoms with van der Waals surface area (Å²) in [6.45, 7) is 3.89. The molecule has 5 nitrogen and oxygen atoms in total. The van der Waals surface area contributed by atoms with E-state index in [0.717, 1.165) is 161 Å². The maximum Gasteiger partial charge on any atom is 0.306 e. The Morgan fingerprint density at radius 1 is 0.287 bits per heavy atom. The molecular weight excluding hydrogens is 981 g/mol. The predicted octanol–water partition coefficient (Wildman–Crippen LogP) is 22.4. The zero-order valence-electron chi connectivity index (χ0n) is 51.0. The first kappa shape index (κ1) is 74.7. The van der Waals surface area contributed by atoms with E-state index in [1.807, 2.05) is 0 Å². The molecule has 0 radical (unpaired) electrons. The molecule has 446 valence electrons. The highest BCUT2D eigenvalue weighted by molar-refractivity contribution is 5.70. The second kappa shape index (κ2) is 68.0. The number of esters is 2. The third kappa shape index (κ3) is 65.3. The van der Waals surface area contributed by atoms with Gasteiger partial charge < -0.3 is 14.6 Å². The summed E-state index contributed by atoms with van der Waals surface area (Å²) in [6.07, 6.45) is 108. The average Bonchev–Trinajstić information content (AvgIpc) is 3.46. The number of carbonyl (C=O) groups excluding carboxylic acids is 2. The summed E-state index contributed by atoms with van der Waals surface area (Å²) in [5.41, 5.74) is 0. The van der Waals surface area contributed by atoms with E-state index in [0.29, 0.717) is 12.8 Å². The van der Waals surface area contributed by atoms with Crippen molar-refractivity contribution in [2.75, 3.05) is 13.2 Å². The predicted molar refractivity (Wildman–Crippen MR) is 352 cm³/mol. The highest BCUT2D eigenvalue weighted by Gasteiger charge is 2.16. The normalized spacial score (nSPS) is 13.6. The molecule has 0 aliphatic heterocycles. The Balaban J connectivity index is 3.64. The molecule has 0 aliphatic rings. The van der Waals surface area contributed by atoms with Crippen LogP contribution in [-0.2, 0) is 19.1 Å². The van der Waals surface area contributed by atoms with Crippen molar-refractivity contribution in [2.45, 2.75) is 251 Å². The Kier molecular flexibility index (Phi) is 63.5. The number of carbonyl (C=O) groups is 2. The summed E-state index contributed by atoms with van der Waals surface area (Å²) >= 11 is 0. The fraction of sp³-hybridized carbons (Fsp3) is 0.547. The van der Waals surface area contributed by atoms with Gasteiger partial charge in [-0.25, -0.2) is 0 Å². The molecule has 80 heavy (non-hydrogen) atoms. The molecule has 0 bridgehead atoms. The quantitative estimate of drug-likeness (QED) is 0.0373. The van der Waals surface area contributed by atoms with Crippen molar-refractivity contribution in [1.29, 1.82) is 0 Å². The molecule has 0 aliphatic carbocycles. The Labute approximate surface area is 492 Å². The molecule has 5 heteroatoms. The molecule has 0 saturated heterocycles. The van der Waals surface area contributed by atoms with E-state index in [4.69, 9.17) is 9.47 Å². The van der Waals surface area contributed by atoms with Gasteiger partial charge in [0.2, 0.25) is 0 Å². The van der Waals surface area contributed by atoms with Crippen molar-refractivity contribution in [2.24, 2.45) is 0 Å². The van der Waals surface area contributed by atoms with E-state index in [2.05, 4.69) is 208 Å². The van der Waals surface area contributed by atoms with Crippen LogP contribution in [0.15, 0.2) is 194 Å². The van der Waals surface area contributed by atoms with Gasteiger partial charge >= 0.3 is 11.9 Å². The Morgan fingerprint density at radius 3 is 0.750 bits per heavy atom. The van der Waals surface area contributed by atoms with Gasteiger partial charge in [0.15, 0.2) is 6.10 Å². The molecule has 0 amide bonds. The number of hydrogen-bond acceptors (Lipinski definition) is 5. The monoisotopic (exact) mass is 1100 g/mol. The molecule has 1 N–H and O–H groups in total. The molecule has 0 rings (SSSR count). The SMILES string of the molecule is CC/C=C\C/C=C\C/C=C\C/C=C\C/C=C\C/C=C\C/C=C\C/C=C\C/C=C\C/C=C\C/C=C\CCCCCCCC(=O)OC(CO)COC(=O)CCCCCCCCCCCCC/C=C\C/C=C\C/C=C\C/C=C\C/C=C\CC. The van der Waals surface area contributed by atoms with Gasteiger partial charge in [-0.1, -0.05) is 285 Å². The minimum Gasteiger partial charge on any atom is -0.462 e. The highest BCUT2D eigenvalue weighted by atomic mass is 16.6. The van der Waals surface area contributed by atoms with Gasteiger partial charge in [-0.3, -0.25) is 9.59 Å². The van der Waals surface area contributed by atoms with Gasteiger partial charge in [-0.15, -0.1) is 0 Å². The first-order valence-corrected chi connectivity index (χ1v) is 32.0. The van der Waals surface area contributed by atoms with E-state index in [1.54, 1.807) is 0 Å². The second-order valence-electron chi connectivity index (χ2n) is 20.4. The van der Waals surface area contributed by atoms with Crippen LogP contribution >= 0.6 is 0 Å². The van der Waals surface area contributed by atoms with Gasteiger partial charge in [0.05, 0.1) is 6.61 Å². The van der Waals surface area contributed by atoms with Gasteiger partial charge in [-0.2, -0.15) is 0 Å². The third-order valence-corrected chi connectivity index (χ3v) is 12.9. The smallest absolute Gasteiger partial charge is 0.306 e. The zero-order valence-corrected chi connectivity index (χ0v) is 51.0. The summed E-state index contributed by atoms with van der Waals surface area (Å²) in [5, 5.41) is 9.68. The molecule has 0 aromatic carbocycles. The molecule has 0 spiro atoms. The standard InChI is InChI=1S/C75H116O5/c1-3-5-7-9-11-13-15-17-19-21-23-25-27-29-31-32-33-34-35-36-37-38-39-40-41-42-44-46-48-50-52-54-56-58-60-62-64-66-68-70-75(78)80-73(71-76)72-79-74(77)69-67-65-63-61-59-57-55-53-51-49-47-45-43-30-28-26-24-22-20-18-16-14-12-10-8-6-4-2/h5-8,11-14,17-20,23-26,29-31,33-34,36-37,39-40,42-44,48,50,54,56,73,76H,3-4,9-10,15-16,21-22,27-28,32,35,38,41,45-47,49,51-53,55,57-72H2,1-2H3/b7-5-,8-6-,13-11-,14-12-,19-17-,20-18-,25-23-,26-24-,31-29-,34-33-,37-36-,40-39-,43-30-,44-42-,50-48-,56-54-. The number of rotatable bonds is 56. The molecule has 0 saturated carbocycles. The van der Waals surface area contributed by atoms with E-state index < -0.39 is 6.10 Å². The van der Waals surface area contributed by atoms with Crippen LogP contribution in [0.25, 0.3) is 0 Å². The molecule has 0 fully saturated rings. The van der Waals surface area contributed by atoms with Crippen LogP contribution in [-0.4, -0.2) is 36.4 Å². The second-order valence-corrected chi connectivity index (χ2v) is 20.4. The first-order chi connectivity index (χ1) is 39.6. The van der Waals surface area contributed by atoms with E-state index in [1.165, 1.54) is 57.8 Å². The molecule has 0 heterocycles. The summed E-state index contributed by atoms with van der Waals surface area (Å²) < 4.78 is 10.7. The van der Waals surface area contributed by atoms with E-state index in [-0.39, 0.29) is 25.2 Å². The molecule has 1 atom stereocenters. The minimum atomic E-state index is -0.800. The van der Waals surface area contributed by atoms with Gasteiger partial charge in [0, 0.05) is 12.8 Å². The molecule has 1 unspecified atom stereocenters. The lowest BCUT2D eigenvalue weighted by Gasteiger charge is -2.15. The van der Waals surface area contributed by atoms with Crippen molar-refractivity contribution < 1.29 is 24.2 Å². The number of allylic oxidation sites excluding steroid dienone is 32. The maximum absolute atomic E-state index is 12.3. The van der Waals surface area contributed by atoms with Crippen molar-refractivity contribution in [1.82, 2.24) is 0 Å². The third-order valence-electron chi connectivity index (χ3n) is 12.9. The van der Waals surface area contributed by atoms with Crippen molar-refractivity contribution in [3.05, 3.63) is 194 Å². The van der Waals surface area contributed by atoms with Crippen molar-refractivity contribution in [3.63, 3.8) is 0 Å². The topological polar surface area (TPSA) is 72.8 Å². The number of aliphatic hydroxyl groups is 1. The van der Waals surface area contributed by atoms with Crippen LogP contribution in [0.1, 0.15) is 245 Å². The van der Waals surface area contributed by atoms with Crippen LogP contribution in [0, 0.1) is 0 Å². The Hall–Kier alpha value is -5.26. The largest absolute Gasteiger partial charge is 0.462 e. The number of unbranched alkanes of at least 4 members (excludes halogenated alkanes) is 16. The first-order valence-electron chi connectivity index (χ1n) is 32.0. The number of ether oxygens (including phenoxy) is 2.